The van der Waals surface area contributed by atoms with Crippen molar-refractivity contribution in [3.05, 3.63) is 65.9 Å². The lowest BCUT2D eigenvalue weighted by molar-refractivity contribution is -0.137. The van der Waals surface area contributed by atoms with Gasteiger partial charge in [0.1, 0.15) is 5.75 Å². The highest BCUT2D eigenvalue weighted by molar-refractivity contribution is 7.98. The van der Waals surface area contributed by atoms with E-state index in [1.807, 2.05) is 13.8 Å². The summed E-state index contributed by atoms with van der Waals surface area (Å²) in [6.45, 7) is 3.88. The first-order valence-electron chi connectivity index (χ1n) is 9.99. The predicted octanol–water partition coefficient (Wildman–Crippen LogP) is 5.76. The van der Waals surface area contributed by atoms with Crippen LogP contribution in [0.2, 0.25) is 0 Å². The van der Waals surface area contributed by atoms with E-state index < -0.39 is 11.7 Å². The number of rotatable bonds is 7. The summed E-state index contributed by atoms with van der Waals surface area (Å²) in [5, 5.41) is 16.9. The Balaban J connectivity index is 1.74. The molecule has 0 amide bonds. The van der Waals surface area contributed by atoms with Crippen LogP contribution in [0.5, 0.6) is 5.75 Å². The molecule has 7 nitrogen and oxygen atoms in total. The van der Waals surface area contributed by atoms with Crippen LogP contribution in [0.4, 0.5) is 13.2 Å². The van der Waals surface area contributed by atoms with Crippen LogP contribution in [0.15, 0.2) is 58.1 Å². The zero-order valence-electron chi connectivity index (χ0n) is 18.0. The van der Waals surface area contributed by atoms with Crippen LogP contribution in [0, 0.1) is 0 Å². The second-order valence-corrected chi connectivity index (χ2v) is 8.34. The molecule has 0 unspecified atom stereocenters. The van der Waals surface area contributed by atoms with Gasteiger partial charge in [0.25, 0.3) is 0 Å². The average molecular weight is 475 g/mol. The van der Waals surface area contributed by atoms with Gasteiger partial charge in [-0.05, 0) is 42.5 Å². The Morgan fingerprint density at radius 1 is 1.03 bits per heavy atom. The number of hydrogen-bond donors (Lipinski definition) is 0. The Kier molecular flexibility index (Phi) is 6.41. The van der Waals surface area contributed by atoms with E-state index in [-0.39, 0.29) is 11.6 Å². The maximum atomic E-state index is 13.4. The molecule has 11 heteroatoms. The van der Waals surface area contributed by atoms with E-state index in [2.05, 4.69) is 20.4 Å². The lowest BCUT2D eigenvalue weighted by atomic mass is 10.1. The number of halogens is 3. The summed E-state index contributed by atoms with van der Waals surface area (Å²) in [6.07, 6.45) is -4.48. The highest BCUT2D eigenvalue weighted by atomic mass is 32.2. The quantitative estimate of drug-likeness (QED) is 0.315. The molecule has 0 saturated heterocycles. The minimum atomic E-state index is -4.48. The van der Waals surface area contributed by atoms with Crippen LogP contribution in [0.1, 0.15) is 37.1 Å². The smallest absolute Gasteiger partial charge is 0.416 e. The number of aromatic nitrogens is 5. The van der Waals surface area contributed by atoms with Gasteiger partial charge in [0.05, 0.1) is 24.1 Å². The molecule has 0 aliphatic carbocycles. The number of ether oxygens (including phenoxy) is 1. The summed E-state index contributed by atoms with van der Waals surface area (Å²) in [4.78, 5) is 0. The van der Waals surface area contributed by atoms with E-state index in [9.17, 15) is 13.2 Å². The highest BCUT2D eigenvalue weighted by Crippen LogP contribution is 2.34. The fraction of sp³-hybridized carbons (Fsp3) is 0.273. The van der Waals surface area contributed by atoms with E-state index in [0.29, 0.717) is 39.8 Å². The molecule has 0 aliphatic rings. The van der Waals surface area contributed by atoms with Gasteiger partial charge in [-0.25, -0.2) is 0 Å². The first kappa shape index (κ1) is 22.8. The highest BCUT2D eigenvalue weighted by Gasteiger charge is 2.31. The number of hydrogen-bond acceptors (Lipinski definition) is 7. The molecule has 4 rings (SSSR count). The maximum absolute atomic E-state index is 13.4. The van der Waals surface area contributed by atoms with Crippen molar-refractivity contribution in [2.45, 2.75) is 36.9 Å². The number of alkyl halides is 3. The third-order valence-electron chi connectivity index (χ3n) is 4.71. The predicted molar refractivity (Wildman–Crippen MR) is 116 cm³/mol. The monoisotopic (exact) mass is 475 g/mol. The van der Waals surface area contributed by atoms with Gasteiger partial charge < -0.3 is 9.15 Å². The summed E-state index contributed by atoms with van der Waals surface area (Å²) < 4.78 is 52.5. The van der Waals surface area contributed by atoms with Crippen molar-refractivity contribution in [2.75, 3.05) is 7.11 Å². The molecule has 0 radical (unpaired) electrons. The van der Waals surface area contributed by atoms with Crippen LogP contribution in [0.25, 0.3) is 17.1 Å². The van der Waals surface area contributed by atoms with Gasteiger partial charge in [-0.2, -0.15) is 13.2 Å². The first-order chi connectivity index (χ1) is 15.8. The molecule has 0 saturated carbocycles. The molecule has 33 heavy (non-hydrogen) atoms. The molecular formula is C22H20F3N5O2S. The molecule has 172 valence electrons. The molecule has 0 aliphatic heterocycles. The molecule has 2 aromatic heterocycles. The van der Waals surface area contributed by atoms with Gasteiger partial charge in [-0.1, -0.05) is 31.7 Å². The lowest BCUT2D eigenvalue weighted by Gasteiger charge is -2.13. The molecule has 2 aromatic carbocycles. The van der Waals surface area contributed by atoms with E-state index in [0.717, 1.165) is 12.1 Å². The van der Waals surface area contributed by atoms with E-state index in [1.165, 1.54) is 17.8 Å². The summed E-state index contributed by atoms with van der Waals surface area (Å²) in [7, 11) is 1.55. The van der Waals surface area contributed by atoms with Gasteiger partial charge in [0.2, 0.25) is 11.8 Å². The Bertz CT molecular complexity index is 1240. The largest absolute Gasteiger partial charge is 0.497 e. The van der Waals surface area contributed by atoms with Crippen molar-refractivity contribution in [1.82, 2.24) is 25.0 Å². The van der Waals surface area contributed by atoms with Gasteiger partial charge in [-0.15, -0.1) is 20.4 Å². The van der Waals surface area contributed by atoms with E-state index in [1.54, 1.807) is 42.0 Å². The van der Waals surface area contributed by atoms with Crippen LogP contribution in [-0.2, 0) is 11.9 Å². The average Bonchev–Trinajstić information content (AvgIpc) is 3.44. The third-order valence-corrected chi connectivity index (χ3v) is 5.63. The second-order valence-electron chi connectivity index (χ2n) is 7.40. The van der Waals surface area contributed by atoms with Crippen molar-refractivity contribution < 1.29 is 22.3 Å². The summed E-state index contributed by atoms with van der Waals surface area (Å²) in [6, 6.07) is 12.1. The maximum Gasteiger partial charge on any atom is 0.416 e. The summed E-state index contributed by atoms with van der Waals surface area (Å²) in [5.74, 6) is 2.34. The Morgan fingerprint density at radius 3 is 2.42 bits per heavy atom. The molecule has 2 heterocycles. The van der Waals surface area contributed by atoms with Crippen molar-refractivity contribution in [1.29, 1.82) is 0 Å². The Hall–Kier alpha value is -3.34. The van der Waals surface area contributed by atoms with Crippen LogP contribution >= 0.6 is 11.8 Å². The standard InChI is InChI=1S/C22H20F3N5O2S/c1-13(2)20-28-26-18(32-20)12-33-21-29-27-19(14-7-9-17(31-3)10-8-14)30(21)16-6-4-5-15(11-16)22(23,24)25/h4-11,13H,12H2,1-3H3. The molecule has 0 N–H and O–H groups in total. The van der Waals surface area contributed by atoms with Crippen molar-refractivity contribution in [2.24, 2.45) is 0 Å². The lowest BCUT2D eigenvalue weighted by Crippen LogP contribution is -2.07. The van der Waals surface area contributed by atoms with Crippen LogP contribution < -0.4 is 4.74 Å². The van der Waals surface area contributed by atoms with Gasteiger partial charge in [0, 0.05) is 11.5 Å². The van der Waals surface area contributed by atoms with Gasteiger partial charge >= 0.3 is 6.18 Å². The Labute approximate surface area is 192 Å². The SMILES string of the molecule is COc1ccc(-c2nnc(SCc3nnc(C(C)C)o3)n2-c2cccc(C(F)(F)F)c2)cc1. The molecule has 0 fully saturated rings. The van der Waals surface area contributed by atoms with E-state index >= 15 is 0 Å². The first-order valence-corrected chi connectivity index (χ1v) is 11.0. The van der Waals surface area contributed by atoms with Gasteiger partial charge in [0.15, 0.2) is 11.0 Å². The van der Waals surface area contributed by atoms with E-state index in [4.69, 9.17) is 9.15 Å². The zero-order valence-corrected chi connectivity index (χ0v) is 18.8. The molecule has 4 aromatic rings. The van der Waals surface area contributed by atoms with Crippen molar-refractivity contribution in [3.63, 3.8) is 0 Å². The fourth-order valence-corrected chi connectivity index (χ4v) is 3.82. The summed E-state index contributed by atoms with van der Waals surface area (Å²) >= 11 is 1.24. The number of methoxy groups -OCH3 is 1. The van der Waals surface area contributed by atoms with Crippen LogP contribution in [-0.4, -0.2) is 32.1 Å². The number of thioether (sulfide) groups is 1. The topological polar surface area (TPSA) is 78.9 Å². The Morgan fingerprint density at radius 2 is 1.79 bits per heavy atom. The number of benzene rings is 2. The normalized spacial score (nSPS) is 11.8. The van der Waals surface area contributed by atoms with Gasteiger partial charge in [-0.3, -0.25) is 4.57 Å². The van der Waals surface area contributed by atoms with Crippen LogP contribution in [0.3, 0.4) is 0 Å². The summed E-state index contributed by atoms with van der Waals surface area (Å²) in [5.41, 5.74) is 0.202. The zero-order chi connectivity index (χ0) is 23.6. The minimum absolute atomic E-state index is 0.0895. The fourth-order valence-electron chi connectivity index (χ4n) is 3.03. The minimum Gasteiger partial charge on any atom is -0.497 e. The second kappa shape index (κ2) is 9.26. The molecule has 0 spiro atoms. The molecule has 0 bridgehead atoms. The molecular weight excluding hydrogens is 455 g/mol. The van der Waals surface area contributed by atoms with Crippen molar-refractivity contribution in [3.8, 4) is 22.8 Å². The third kappa shape index (κ3) is 5.03. The van der Waals surface area contributed by atoms with Crippen molar-refractivity contribution >= 4 is 11.8 Å². The number of nitrogens with zero attached hydrogens (tertiary/aromatic N) is 5. The molecule has 0 atom stereocenters.